The Balaban J connectivity index is 1.03. The van der Waals surface area contributed by atoms with Crippen LogP contribution in [-0.2, 0) is 20.3 Å². The van der Waals surface area contributed by atoms with Crippen LogP contribution in [0.25, 0.3) is 0 Å². The summed E-state index contributed by atoms with van der Waals surface area (Å²) in [6.07, 6.45) is 4.75. The van der Waals surface area contributed by atoms with E-state index in [1.165, 1.54) is 22.3 Å². The molecule has 2 fully saturated rings. The Morgan fingerprint density at radius 3 is 1.43 bits per heavy atom. The van der Waals surface area contributed by atoms with Crippen LogP contribution in [0.2, 0.25) is 0 Å². The smallest absolute Gasteiger partial charge is 0.134 e. The topological polar surface area (TPSA) is 82.2 Å². The predicted octanol–water partition coefficient (Wildman–Crippen LogP) is 10.6. The van der Waals surface area contributed by atoms with Gasteiger partial charge in [0.2, 0.25) is 0 Å². The highest BCUT2D eigenvalue weighted by atomic mass is 16.6. The van der Waals surface area contributed by atoms with Crippen LogP contribution in [0, 0.1) is 0 Å². The zero-order valence-electron chi connectivity index (χ0n) is 34.9. The van der Waals surface area contributed by atoms with Gasteiger partial charge in [-0.3, -0.25) is 0 Å². The number of ether oxygens (including phenoxy) is 6. The van der Waals surface area contributed by atoms with Crippen LogP contribution in [0.15, 0.2) is 97.1 Å². The first-order valence-corrected chi connectivity index (χ1v) is 20.8. The summed E-state index contributed by atoms with van der Waals surface area (Å²) in [6.45, 7) is 19.9. The minimum atomic E-state index is -0.689. The molecule has 0 aliphatic carbocycles. The van der Waals surface area contributed by atoms with E-state index in [1.807, 2.05) is 24.3 Å². The SMILES string of the molecule is CCCC(CC)(CC(O)COc1ccc(C(C)(C)c2ccc(OC(C)(CCC)C3CO3)cc2)cc1)Oc1ccc(C(C)(C)c2ccc(OCC3CO3)cc2)cc1. The maximum absolute atomic E-state index is 11.3. The van der Waals surface area contributed by atoms with Gasteiger partial charge in [-0.05, 0) is 97.0 Å². The lowest BCUT2D eigenvalue weighted by atomic mass is 9.78. The second-order valence-corrected chi connectivity index (χ2v) is 17.2. The van der Waals surface area contributed by atoms with Gasteiger partial charge in [0.15, 0.2) is 0 Å². The quantitative estimate of drug-likeness (QED) is 0.0798. The fourth-order valence-electron chi connectivity index (χ4n) is 7.92. The Morgan fingerprint density at radius 2 is 1.02 bits per heavy atom. The molecule has 0 radical (unpaired) electrons. The van der Waals surface area contributed by atoms with Crippen molar-refractivity contribution in [3.8, 4) is 23.0 Å². The Kier molecular flexibility index (Phi) is 13.1. The van der Waals surface area contributed by atoms with E-state index in [4.69, 9.17) is 28.4 Å². The molecule has 0 aromatic heterocycles. The number of aliphatic hydroxyl groups is 1. The summed E-state index contributed by atoms with van der Waals surface area (Å²) >= 11 is 0. The van der Waals surface area contributed by atoms with E-state index >= 15 is 0 Å². The van der Waals surface area contributed by atoms with Gasteiger partial charge in [0, 0.05) is 17.3 Å². The van der Waals surface area contributed by atoms with Gasteiger partial charge < -0.3 is 33.5 Å². The lowest BCUT2D eigenvalue weighted by Gasteiger charge is -2.35. The minimum Gasteiger partial charge on any atom is -0.491 e. The molecule has 56 heavy (non-hydrogen) atoms. The monoisotopic (exact) mass is 764 g/mol. The Morgan fingerprint density at radius 1 is 0.589 bits per heavy atom. The summed E-state index contributed by atoms with van der Waals surface area (Å²) in [7, 11) is 0. The van der Waals surface area contributed by atoms with Crippen LogP contribution < -0.4 is 18.9 Å². The molecule has 0 amide bonds. The molecule has 0 spiro atoms. The summed E-state index contributed by atoms with van der Waals surface area (Å²) in [5, 5.41) is 11.3. The molecule has 2 aliphatic rings. The van der Waals surface area contributed by atoms with E-state index in [0.29, 0.717) is 13.0 Å². The maximum atomic E-state index is 11.3. The molecule has 0 saturated carbocycles. The molecular formula is C49H64O7. The van der Waals surface area contributed by atoms with E-state index in [2.05, 4.69) is 128 Å². The third kappa shape index (κ3) is 10.3. The average molecular weight is 765 g/mol. The van der Waals surface area contributed by atoms with Crippen molar-refractivity contribution in [1.29, 1.82) is 0 Å². The summed E-state index contributed by atoms with van der Waals surface area (Å²) in [4.78, 5) is 0. The van der Waals surface area contributed by atoms with Crippen molar-refractivity contribution in [3.05, 3.63) is 119 Å². The van der Waals surface area contributed by atoms with Crippen LogP contribution in [0.5, 0.6) is 23.0 Å². The maximum Gasteiger partial charge on any atom is 0.134 e. The van der Waals surface area contributed by atoms with Gasteiger partial charge in [-0.15, -0.1) is 0 Å². The molecule has 2 heterocycles. The highest BCUT2D eigenvalue weighted by Gasteiger charge is 2.45. The number of aliphatic hydroxyl groups excluding tert-OH is 1. The minimum absolute atomic E-state index is 0.172. The summed E-state index contributed by atoms with van der Waals surface area (Å²) in [5.41, 5.74) is 3.57. The number of benzene rings is 4. The zero-order chi connectivity index (χ0) is 40.0. The highest BCUT2D eigenvalue weighted by Crippen LogP contribution is 2.38. The molecule has 5 atom stereocenters. The van der Waals surface area contributed by atoms with E-state index in [0.717, 1.165) is 68.3 Å². The number of hydrogen-bond acceptors (Lipinski definition) is 7. The van der Waals surface area contributed by atoms with Gasteiger partial charge in [-0.1, -0.05) is 110 Å². The van der Waals surface area contributed by atoms with Gasteiger partial charge in [-0.25, -0.2) is 0 Å². The van der Waals surface area contributed by atoms with Crippen LogP contribution in [0.4, 0.5) is 0 Å². The lowest BCUT2D eigenvalue weighted by Crippen LogP contribution is -2.40. The van der Waals surface area contributed by atoms with Crippen LogP contribution in [0.1, 0.15) is 116 Å². The second-order valence-electron chi connectivity index (χ2n) is 17.2. The summed E-state index contributed by atoms with van der Waals surface area (Å²) < 4.78 is 36.1. The third-order valence-electron chi connectivity index (χ3n) is 12.0. The first-order chi connectivity index (χ1) is 26.8. The average Bonchev–Trinajstić information content (AvgIpc) is 4.13. The first-order valence-electron chi connectivity index (χ1n) is 20.8. The van der Waals surface area contributed by atoms with Gasteiger partial charge in [0.1, 0.15) is 59.6 Å². The number of epoxide rings is 2. The molecule has 1 N–H and O–H groups in total. The molecule has 4 aromatic rings. The fourth-order valence-corrected chi connectivity index (χ4v) is 7.92. The molecule has 7 nitrogen and oxygen atoms in total. The predicted molar refractivity (Wildman–Crippen MR) is 224 cm³/mol. The molecule has 4 aromatic carbocycles. The van der Waals surface area contributed by atoms with Crippen molar-refractivity contribution in [2.24, 2.45) is 0 Å². The van der Waals surface area contributed by atoms with Gasteiger partial charge in [0.25, 0.3) is 0 Å². The van der Waals surface area contributed by atoms with Crippen LogP contribution in [-0.4, -0.2) is 61.0 Å². The number of hydrogen-bond donors (Lipinski definition) is 1. The van der Waals surface area contributed by atoms with Crippen LogP contribution in [0.3, 0.4) is 0 Å². The Hall–Kier alpha value is -4.04. The summed E-state index contributed by atoms with van der Waals surface area (Å²) in [6, 6.07) is 33.5. The second kappa shape index (κ2) is 17.6. The van der Waals surface area contributed by atoms with Gasteiger partial charge >= 0.3 is 0 Å². The van der Waals surface area contributed by atoms with E-state index in [1.54, 1.807) is 0 Å². The van der Waals surface area contributed by atoms with Crippen molar-refractivity contribution in [2.45, 2.75) is 134 Å². The van der Waals surface area contributed by atoms with Crippen molar-refractivity contribution < 1.29 is 33.5 Å². The molecule has 6 rings (SSSR count). The molecule has 0 bridgehead atoms. The van der Waals surface area contributed by atoms with Gasteiger partial charge in [-0.2, -0.15) is 0 Å². The van der Waals surface area contributed by atoms with E-state index in [-0.39, 0.29) is 35.2 Å². The first kappa shape index (κ1) is 41.6. The number of rotatable bonds is 22. The normalized spacial score (nSPS) is 19.3. The van der Waals surface area contributed by atoms with Crippen molar-refractivity contribution in [1.82, 2.24) is 0 Å². The molecule has 302 valence electrons. The Labute approximate surface area is 335 Å². The zero-order valence-corrected chi connectivity index (χ0v) is 34.9. The van der Waals surface area contributed by atoms with Crippen molar-refractivity contribution in [3.63, 3.8) is 0 Å². The standard InChI is InChI=1S/C49H64O7/c1-9-28-48(8,45-34-54-45)55-42-24-16-37(17-25-42)46(4,5)35-12-20-40(21-13-35)51-31-39(50)30-49(11-3,29-10-2)56-43-26-18-38(19-27-43)47(6,7)36-14-22-41(23-15-36)52-32-44-33-53-44/h12-27,39,44-45,50H,9-11,28-34H2,1-8H3. The molecular weight excluding hydrogens is 701 g/mol. The lowest BCUT2D eigenvalue weighted by molar-refractivity contribution is -0.0132. The molecule has 5 unspecified atom stereocenters. The molecule has 2 aliphatic heterocycles. The van der Waals surface area contributed by atoms with Crippen LogP contribution >= 0.6 is 0 Å². The van der Waals surface area contributed by atoms with E-state index < -0.39 is 11.7 Å². The van der Waals surface area contributed by atoms with Gasteiger partial charge in [0.05, 0.1) is 19.3 Å². The summed E-state index contributed by atoms with van der Waals surface area (Å²) in [5.74, 6) is 3.27. The highest BCUT2D eigenvalue weighted by molar-refractivity contribution is 5.43. The molecule has 7 heteroatoms. The Bertz CT molecular complexity index is 1810. The van der Waals surface area contributed by atoms with Crippen molar-refractivity contribution >= 4 is 0 Å². The largest absolute Gasteiger partial charge is 0.491 e. The third-order valence-corrected chi connectivity index (χ3v) is 12.0. The fraction of sp³-hybridized carbons (Fsp3) is 0.510. The van der Waals surface area contributed by atoms with E-state index in [9.17, 15) is 5.11 Å². The molecule has 2 saturated heterocycles. The van der Waals surface area contributed by atoms with Crippen molar-refractivity contribution in [2.75, 3.05) is 26.4 Å².